The summed E-state index contributed by atoms with van der Waals surface area (Å²) in [5, 5.41) is 11.3. The lowest BCUT2D eigenvalue weighted by atomic mass is 10.2. The van der Waals surface area contributed by atoms with E-state index in [2.05, 4.69) is 20.5 Å². The van der Waals surface area contributed by atoms with Crippen LogP contribution in [-0.4, -0.2) is 26.3 Å². The number of aromatic nitrogens is 4. The van der Waals surface area contributed by atoms with E-state index in [0.29, 0.717) is 17.5 Å². The number of alkyl halides is 3. The van der Waals surface area contributed by atoms with E-state index in [1.165, 1.54) is 0 Å². The van der Waals surface area contributed by atoms with Crippen LogP contribution in [0.2, 0.25) is 0 Å². The van der Waals surface area contributed by atoms with Gasteiger partial charge in [0.1, 0.15) is 16.7 Å². The number of halogens is 3. The maximum Gasteiger partial charge on any atom is 0.416 e. The molecule has 2 aromatic rings. The summed E-state index contributed by atoms with van der Waals surface area (Å²) in [4.78, 5) is 4.15. The Kier molecular flexibility index (Phi) is 4.40. The Hall–Kier alpha value is -1.77. The maximum atomic E-state index is 12.9. The predicted octanol–water partition coefficient (Wildman–Crippen LogP) is 3.12. The first-order valence-corrected chi connectivity index (χ1v) is 7.00. The third kappa shape index (κ3) is 3.66. The summed E-state index contributed by atoms with van der Waals surface area (Å²) in [5.41, 5.74) is -0.741. The van der Waals surface area contributed by atoms with Crippen molar-refractivity contribution < 1.29 is 13.2 Å². The van der Waals surface area contributed by atoms with Gasteiger partial charge in [-0.25, -0.2) is 4.98 Å². The standard InChI is InChI=1S/C12H14F3N5S/c1-4-16-9-5-8(12(13,14)15)6-10(17-9)21-11-19-18-7(2)20(11)3/h5-6H,4H2,1-3H3,(H,16,17). The van der Waals surface area contributed by atoms with Crippen molar-refractivity contribution in [3.05, 3.63) is 23.5 Å². The lowest BCUT2D eigenvalue weighted by Crippen LogP contribution is -2.08. The summed E-state index contributed by atoms with van der Waals surface area (Å²) in [6, 6.07) is 2.00. The number of aryl methyl sites for hydroxylation is 1. The molecule has 0 amide bonds. The average molecular weight is 317 g/mol. The molecule has 21 heavy (non-hydrogen) atoms. The van der Waals surface area contributed by atoms with E-state index in [9.17, 15) is 13.2 Å². The summed E-state index contributed by atoms with van der Waals surface area (Å²) in [6.45, 7) is 4.04. The molecule has 0 unspecified atom stereocenters. The number of anilines is 1. The van der Waals surface area contributed by atoms with E-state index in [1.807, 2.05) is 0 Å². The zero-order valence-electron chi connectivity index (χ0n) is 11.7. The number of hydrogen-bond donors (Lipinski definition) is 1. The Morgan fingerprint density at radius 3 is 2.52 bits per heavy atom. The molecule has 5 nitrogen and oxygen atoms in total. The normalized spacial score (nSPS) is 11.7. The van der Waals surface area contributed by atoms with Crippen molar-refractivity contribution in [2.45, 2.75) is 30.2 Å². The minimum absolute atomic E-state index is 0.189. The van der Waals surface area contributed by atoms with Crippen LogP contribution in [0.5, 0.6) is 0 Å². The molecule has 0 saturated carbocycles. The number of pyridine rings is 1. The molecular weight excluding hydrogens is 303 g/mol. The van der Waals surface area contributed by atoms with Crippen LogP contribution in [0.1, 0.15) is 18.3 Å². The molecule has 2 heterocycles. The number of nitrogens with one attached hydrogen (secondary N) is 1. The van der Waals surface area contributed by atoms with Crippen LogP contribution >= 0.6 is 11.8 Å². The lowest BCUT2D eigenvalue weighted by Gasteiger charge is -2.11. The molecule has 0 fully saturated rings. The summed E-state index contributed by atoms with van der Waals surface area (Å²) in [5.74, 6) is 0.866. The Balaban J connectivity index is 2.38. The van der Waals surface area contributed by atoms with Crippen LogP contribution < -0.4 is 5.32 Å². The highest BCUT2D eigenvalue weighted by atomic mass is 32.2. The van der Waals surface area contributed by atoms with Gasteiger partial charge in [0.25, 0.3) is 0 Å². The molecule has 0 aliphatic carbocycles. The Morgan fingerprint density at radius 2 is 2.00 bits per heavy atom. The Labute approximate surface area is 124 Å². The summed E-state index contributed by atoms with van der Waals surface area (Å²) in [7, 11) is 1.75. The van der Waals surface area contributed by atoms with Crippen molar-refractivity contribution in [1.29, 1.82) is 0 Å². The smallest absolute Gasteiger partial charge is 0.370 e. The highest BCUT2D eigenvalue weighted by Crippen LogP contribution is 2.34. The maximum absolute atomic E-state index is 12.9. The molecule has 0 aromatic carbocycles. The topological polar surface area (TPSA) is 55.6 Å². The lowest BCUT2D eigenvalue weighted by molar-refractivity contribution is -0.137. The van der Waals surface area contributed by atoms with Crippen LogP contribution in [0.4, 0.5) is 19.0 Å². The fourth-order valence-electron chi connectivity index (χ4n) is 1.56. The molecule has 2 rings (SSSR count). The minimum Gasteiger partial charge on any atom is -0.370 e. The third-order valence-electron chi connectivity index (χ3n) is 2.74. The number of nitrogens with zero attached hydrogens (tertiary/aromatic N) is 4. The molecule has 2 aromatic heterocycles. The van der Waals surface area contributed by atoms with E-state index in [1.54, 1.807) is 25.5 Å². The van der Waals surface area contributed by atoms with Crippen molar-refractivity contribution in [2.75, 3.05) is 11.9 Å². The van der Waals surface area contributed by atoms with Gasteiger partial charge in [-0.05, 0) is 37.7 Å². The van der Waals surface area contributed by atoms with E-state index < -0.39 is 11.7 Å². The molecule has 0 radical (unpaired) electrons. The number of hydrogen-bond acceptors (Lipinski definition) is 5. The molecule has 0 bridgehead atoms. The van der Waals surface area contributed by atoms with Gasteiger partial charge < -0.3 is 9.88 Å². The molecule has 9 heteroatoms. The minimum atomic E-state index is -4.42. The first-order valence-electron chi connectivity index (χ1n) is 6.18. The van der Waals surface area contributed by atoms with Gasteiger partial charge in [0, 0.05) is 13.6 Å². The van der Waals surface area contributed by atoms with E-state index in [0.717, 1.165) is 23.9 Å². The predicted molar refractivity (Wildman–Crippen MR) is 73.3 cm³/mol. The van der Waals surface area contributed by atoms with Crippen LogP contribution in [0.15, 0.2) is 22.3 Å². The molecule has 0 atom stereocenters. The average Bonchev–Trinajstić information content (AvgIpc) is 2.70. The van der Waals surface area contributed by atoms with Crippen molar-refractivity contribution in [3.63, 3.8) is 0 Å². The molecule has 0 saturated heterocycles. The molecule has 1 N–H and O–H groups in total. The van der Waals surface area contributed by atoms with Crippen molar-refractivity contribution in [2.24, 2.45) is 7.05 Å². The largest absolute Gasteiger partial charge is 0.416 e. The second-order valence-electron chi connectivity index (χ2n) is 4.30. The van der Waals surface area contributed by atoms with Gasteiger partial charge in [-0.15, -0.1) is 10.2 Å². The van der Waals surface area contributed by atoms with Crippen molar-refractivity contribution in [3.8, 4) is 0 Å². The second-order valence-corrected chi connectivity index (χ2v) is 5.29. The van der Waals surface area contributed by atoms with Gasteiger partial charge in [-0.2, -0.15) is 13.2 Å². The van der Waals surface area contributed by atoms with Crippen molar-refractivity contribution in [1.82, 2.24) is 19.7 Å². The molecule has 0 aliphatic rings. The fraction of sp³-hybridized carbons (Fsp3) is 0.417. The van der Waals surface area contributed by atoms with Crippen LogP contribution in [0.25, 0.3) is 0 Å². The first kappa shape index (κ1) is 15.6. The molecular formula is C12H14F3N5S. The fourth-order valence-corrected chi connectivity index (χ4v) is 2.43. The summed E-state index contributed by atoms with van der Waals surface area (Å²) in [6.07, 6.45) is -4.42. The van der Waals surface area contributed by atoms with Crippen molar-refractivity contribution >= 4 is 17.6 Å². The van der Waals surface area contributed by atoms with Crippen LogP contribution in [0.3, 0.4) is 0 Å². The molecule has 0 spiro atoms. The Bertz CT molecular complexity index is 638. The van der Waals surface area contributed by atoms with E-state index >= 15 is 0 Å². The Morgan fingerprint density at radius 1 is 1.29 bits per heavy atom. The first-order chi connectivity index (χ1) is 9.81. The van der Waals surface area contributed by atoms with Gasteiger partial charge in [0.05, 0.1) is 5.56 Å². The zero-order valence-corrected chi connectivity index (χ0v) is 12.5. The van der Waals surface area contributed by atoms with Gasteiger partial charge >= 0.3 is 6.18 Å². The SMILES string of the molecule is CCNc1cc(C(F)(F)F)cc(Sc2nnc(C)n2C)n1. The van der Waals surface area contributed by atoms with Crippen LogP contribution in [0, 0.1) is 6.92 Å². The van der Waals surface area contributed by atoms with E-state index in [-0.39, 0.29) is 10.8 Å². The second kappa shape index (κ2) is 5.92. The molecule has 0 aliphatic heterocycles. The van der Waals surface area contributed by atoms with Gasteiger partial charge in [-0.3, -0.25) is 0 Å². The van der Waals surface area contributed by atoms with Crippen LogP contribution in [-0.2, 0) is 13.2 Å². The van der Waals surface area contributed by atoms with Gasteiger partial charge in [0.2, 0.25) is 0 Å². The van der Waals surface area contributed by atoms with Gasteiger partial charge in [0.15, 0.2) is 5.16 Å². The van der Waals surface area contributed by atoms with E-state index in [4.69, 9.17) is 0 Å². The van der Waals surface area contributed by atoms with Gasteiger partial charge in [-0.1, -0.05) is 0 Å². The quantitative estimate of drug-likeness (QED) is 0.939. The summed E-state index contributed by atoms with van der Waals surface area (Å²) < 4.78 is 40.4. The zero-order chi connectivity index (χ0) is 15.6. The third-order valence-corrected chi connectivity index (χ3v) is 3.69. The monoisotopic (exact) mass is 317 g/mol. The number of rotatable bonds is 4. The molecule has 114 valence electrons. The highest BCUT2D eigenvalue weighted by Gasteiger charge is 2.32. The summed E-state index contributed by atoms with van der Waals surface area (Å²) >= 11 is 1.04. The highest BCUT2D eigenvalue weighted by molar-refractivity contribution is 7.99.